The van der Waals surface area contributed by atoms with Gasteiger partial charge in [-0.1, -0.05) is 41.6 Å². The normalized spacial score (nSPS) is 10.9. The Morgan fingerprint density at radius 3 is 2.74 bits per heavy atom. The van der Waals surface area contributed by atoms with E-state index >= 15 is 0 Å². The van der Waals surface area contributed by atoms with E-state index in [0.717, 1.165) is 27.3 Å². The summed E-state index contributed by atoms with van der Waals surface area (Å²) in [7, 11) is 0. The molecule has 0 radical (unpaired) electrons. The summed E-state index contributed by atoms with van der Waals surface area (Å²) in [5, 5.41) is 12.5. The second kappa shape index (κ2) is 7.34. The minimum absolute atomic E-state index is 0.695. The van der Waals surface area contributed by atoms with Crippen LogP contribution < -0.4 is 0 Å². The third-order valence-corrected chi connectivity index (χ3v) is 5.45. The van der Waals surface area contributed by atoms with E-state index in [-0.39, 0.29) is 0 Å². The van der Waals surface area contributed by atoms with Crippen LogP contribution in [-0.2, 0) is 12.3 Å². The predicted molar refractivity (Wildman–Crippen MR) is 99.3 cm³/mol. The van der Waals surface area contributed by atoms with Gasteiger partial charge in [0.2, 0.25) is 0 Å². The highest BCUT2D eigenvalue weighted by atomic mass is 35.5. The lowest BCUT2D eigenvalue weighted by atomic mass is 10.2. The van der Waals surface area contributed by atoms with E-state index in [9.17, 15) is 0 Å². The SMILES string of the molecule is C=CCn1c(SCc2ccc(Cl)cc2)nnc1-c1csc(C)c1. The summed E-state index contributed by atoms with van der Waals surface area (Å²) in [6, 6.07) is 10.0. The van der Waals surface area contributed by atoms with E-state index in [1.54, 1.807) is 23.1 Å². The summed E-state index contributed by atoms with van der Waals surface area (Å²) in [6.07, 6.45) is 1.87. The van der Waals surface area contributed by atoms with Crippen LogP contribution in [0.2, 0.25) is 5.02 Å². The lowest BCUT2D eigenvalue weighted by Crippen LogP contribution is -2.00. The minimum atomic E-state index is 0.695. The molecule has 0 bridgehead atoms. The maximum Gasteiger partial charge on any atom is 0.192 e. The van der Waals surface area contributed by atoms with Crippen molar-refractivity contribution in [3.05, 3.63) is 63.8 Å². The Morgan fingerprint density at radius 2 is 2.09 bits per heavy atom. The number of thiophene rings is 1. The van der Waals surface area contributed by atoms with E-state index in [0.29, 0.717) is 6.54 Å². The number of halogens is 1. The molecule has 0 saturated heterocycles. The fourth-order valence-corrected chi connectivity index (χ4v) is 3.90. The molecule has 1 aromatic carbocycles. The van der Waals surface area contributed by atoms with Crippen molar-refractivity contribution in [1.29, 1.82) is 0 Å². The second-order valence-electron chi connectivity index (χ2n) is 5.07. The van der Waals surface area contributed by atoms with Gasteiger partial charge < -0.3 is 0 Å². The van der Waals surface area contributed by atoms with Crippen molar-refractivity contribution in [2.45, 2.75) is 24.4 Å². The molecular formula is C17H16ClN3S2. The van der Waals surface area contributed by atoms with Gasteiger partial charge in [0, 0.05) is 33.1 Å². The first-order chi connectivity index (χ1) is 11.2. The molecule has 3 nitrogen and oxygen atoms in total. The molecule has 3 rings (SSSR count). The molecule has 118 valence electrons. The third-order valence-electron chi connectivity index (χ3n) is 3.30. The Kier molecular flexibility index (Phi) is 5.20. The Labute approximate surface area is 149 Å². The fraction of sp³-hybridized carbons (Fsp3) is 0.176. The lowest BCUT2D eigenvalue weighted by Gasteiger charge is -2.07. The predicted octanol–water partition coefficient (Wildman–Crippen LogP) is 5.45. The van der Waals surface area contributed by atoms with Gasteiger partial charge in [-0.15, -0.1) is 28.1 Å². The largest absolute Gasteiger partial charge is 0.298 e. The maximum absolute atomic E-state index is 5.93. The number of thioether (sulfide) groups is 1. The first kappa shape index (κ1) is 16.3. The Morgan fingerprint density at radius 1 is 1.30 bits per heavy atom. The molecule has 6 heteroatoms. The molecule has 0 aliphatic carbocycles. The van der Waals surface area contributed by atoms with Gasteiger partial charge >= 0.3 is 0 Å². The summed E-state index contributed by atoms with van der Waals surface area (Å²) < 4.78 is 2.11. The van der Waals surface area contributed by atoms with Gasteiger partial charge in [-0.05, 0) is 30.7 Å². The van der Waals surface area contributed by atoms with Crippen molar-refractivity contribution in [3.63, 3.8) is 0 Å². The molecule has 0 fully saturated rings. The quantitative estimate of drug-likeness (QED) is 0.432. The van der Waals surface area contributed by atoms with E-state index in [2.05, 4.69) is 39.7 Å². The van der Waals surface area contributed by atoms with Crippen LogP contribution in [0.1, 0.15) is 10.4 Å². The molecule has 0 atom stereocenters. The van der Waals surface area contributed by atoms with Gasteiger partial charge in [0.25, 0.3) is 0 Å². The molecule has 0 spiro atoms. The average molecular weight is 362 g/mol. The van der Waals surface area contributed by atoms with Crippen molar-refractivity contribution >= 4 is 34.7 Å². The van der Waals surface area contributed by atoms with E-state index in [4.69, 9.17) is 11.6 Å². The van der Waals surface area contributed by atoms with Crippen molar-refractivity contribution in [2.24, 2.45) is 0 Å². The van der Waals surface area contributed by atoms with E-state index in [1.807, 2.05) is 30.3 Å². The first-order valence-corrected chi connectivity index (χ1v) is 9.38. The van der Waals surface area contributed by atoms with Gasteiger partial charge in [-0.2, -0.15) is 0 Å². The van der Waals surface area contributed by atoms with Crippen molar-refractivity contribution in [2.75, 3.05) is 0 Å². The number of benzene rings is 1. The molecule has 2 aromatic heterocycles. The number of hydrogen-bond acceptors (Lipinski definition) is 4. The van der Waals surface area contributed by atoms with Gasteiger partial charge in [0.1, 0.15) is 0 Å². The number of hydrogen-bond donors (Lipinski definition) is 0. The highest BCUT2D eigenvalue weighted by Crippen LogP contribution is 2.29. The standard InChI is InChI=1S/C17H16ClN3S2/c1-3-8-21-16(14-9-12(2)22-11-14)19-20-17(21)23-10-13-4-6-15(18)7-5-13/h3-7,9,11H,1,8,10H2,2H3. The summed E-state index contributed by atoms with van der Waals surface area (Å²) in [5.41, 5.74) is 2.32. The zero-order valence-electron chi connectivity index (χ0n) is 12.7. The number of aryl methyl sites for hydroxylation is 1. The van der Waals surface area contributed by atoms with Crippen LogP contribution in [0.3, 0.4) is 0 Å². The third kappa shape index (κ3) is 3.86. The van der Waals surface area contributed by atoms with Gasteiger partial charge in [0.15, 0.2) is 11.0 Å². The topological polar surface area (TPSA) is 30.7 Å². The molecule has 3 aromatic rings. The van der Waals surface area contributed by atoms with Crippen molar-refractivity contribution in [3.8, 4) is 11.4 Å². The highest BCUT2D eigenvalue weighted by Gasteiger charge is 2.14. The lowest BCUT2D eigenvalue weighted by molar-refractivity contribution is 0.731. The number of allylic oxidation sites excluding steroid dienone is 1. The Balaban J connectivity index is 1.82. The molecule has 0 aliphatic heterocycles. The van der Waals surface area contributed by atoms with Crippen LogP contribution in [0.25, 0.3) is 11.4 Å². The van der Waals surface area contributed by atoms with Crippen molar-refractivity contribution in [1.82, 2.24) is 14.8 Å². The van der Waals surface area contributed by atoms with Gasteiger partial charge in [-0.3, -0.25) is 4.57 Å². The smallest absolute Gasteiger partial charge is 0.192 e. The minimum Gasteiger partial charge on any atom is -0.298 e. The maximum atomic E-state index is 5.93. The zero-order valence-corrected chi connectivity index (χ0v) is 15.1. The van der Waals surface area contributed by atoms with Crippen LogP contribution in [0.5, 0.6) is 0 Å². The molecule has 0 aliphatic rings. The molecule has 0 amide bonds. The van der Waals surface area contributed by atoms with E-state index < -0.39 is 0 Å². The van der Waals surface area contributed by atoms with Crippen molar-refractivity contribution < 1.29 is 0 Å². The second-order valence-corrected chi connectivity index (χ2v) is 7.56. The molecule has 0 N–H and O–H groups in total. The van der Waals surface area contributed by atoms with Crippen LogP contribution in [-0.4, -0.2) is 14.8 Å². The number of nitrogens with zero attached hydrogens (tertiary/aromatic N) is 3. The van der Waals surface area contributed by atoms with Crippen LogP contribution in [0.15, 0.2) is 53.5 Å². The Hall–Kier alpha value is -1.56. The van der Waals surface area contributed by atoms with E-state index in [1.165, 1.54) is 10.4 Å². The molecule has 0 unspecified atom stereocenters. The fourth-order valence-electron chi connectivity index (χ4n) is 2.19. The Bertz CT molecular complexity index is 806. The number of rotatable bonds is 6. The monoisotopic (exact) mass is 361 g/mol. The molecule has 2 heterocycles. The summed E-state index contributed by atoms with van der Waals surface area (Å²) in [6.45, 7) is 6.64. The summed E-state index contributed by atoms with van der Waals surface area (Å²) >= 11 is 9.32. The first-order valence-electron chi connectivity index (χ1n) is 7.14. The summed E-state index contributed by atoms with van der Waals surface area (Å²) in [5.74, 6) is 1.72. The summed E-state index contributed by atoms with van der Waals surface area (Å²) in [4.78, 5) is 1.27. The molecule has 0 saturated carbocycles. The van der Waals surface area contributed by atoms with Crippen LogP contribution in [0, 0.1) is 6.92 Å². The highest BCUT2D eigenvalue weighted by molar-refractivity contribution is 7.98. The zero-order chi connectivity index (χ0) is 16.2. The molecule has 23 heavy (non-hydrogen) atoms. The van der Waals surface area contributed by atoms with Crippen LogP contribution >= 0.6 is 34.7 Å². The van der Waals surface area contributed by atoms with Gasteiger partial charge in [0.05, 0.1) is 0 Å². The molecular weight excluding hydrogens is 346 g/mol. The van der Waals surface area contributed by atoms with Crippen LogP contribution in [0.4, 0.5) is 0 Å². The van der Waals surface area contributed by atoms with Gasteiger partial charge in [-0.25, -0.2) is 0 Å². The average Bonchev–Trinajstić information content (AvgIpc) is 3.14. The number of aromatic nitrogens is 3.